The molecule has 0 heterocycles. The normalized spacial score (nSPS) is 14.1. The van der Waals surface area contributed by atoms with E-state index in [1.54, 1.807) is 0 Å². The van der Waals surface area contributed by atoms with Crippen LogP contribution in [-0.2, 0) is 5.11 Å². The van der Waals surface area contributed by atoms with E-state index in [0.717, 1.165) is 0 Å². The highest BCUT2D eigenvalue weighted by Gasteiger charge is 2.02. The average molecular weight is 109 g/mol. The van der Waals surface area contributed by atoms with Crippen molar-refractivity contribution < 1.29 is 13.9 Å². The van der Waals surface area contributed by atoms with Crippen LogP contribution in [0.2, 0.25) is 0 Å². The van der Waals surface area contributed by atoms with Crippen molar-refractivity contribution in [1.82, 2.24) is 0 Å². The molecule has 7 heavy (non-hydrogen) atoms. The Morgan fingerprint density at radius 2 is 2.14 bits per heavy atom. The molecule has 1 nitrogen and oxygen atoms in total. The molecule has 0 saturated heterocycles. The summed E-state index contributed by atoms with van der Waals surface area (Å²) in [5, 5.41) is 9.48. The van der Waals surface area contributed by atoms with Gasteiger partial charge in [0.1, 0.15) is 12.8 Å². The van der Waals surface area contributed by atoms with Gasteiger partial charge in [-0.05, 0) is 0 Å². The summed E-state index contributed by atoms with van der Waals surface area (Å²) in [6.45, 7) is -1.55. The molecule has 0 aromatic rings. The zero-order chi connectivity index (χ0) is 5.70. The van der Waals surface area contributed by atoms with Gasteiger partial charge in [-0.1, -0.05) is 0 Å². The Morgan fingerprint density at radius 3 is 2.29 bits per heavy atom. The molecule has 0 spiro atoms. The van der Waals surface area contributed by atoms with Crippen molar-refractivity contribution in [3.8, 4) is 0 Å². The quantitative estimate of drug-likeness (QED) is 0.517. The lowest BCUT2D eigenvalue weighted by Gasteiger charge is -1.94. The van der Waals surface area contributed by atoms with Crippen LogP contribution in [-0.4, -0.2) is 19.5 Å². The van der Waals surface area contributed by atoms with Crippen molar-refractivity contribution in [1.29, 1.82) is 0 Å². The van der Waals surface area contributed by atoms with E-state index in [2.05, 4.69) is 0 Å². The van der Waals surface area contributed by atoms with Crippen molar-refractivity contribution in [3.63, 3.8) is 0 Å². The van der Waals surface area contributed by atoms with Crippen LogP contribution in [0.3, 0.4) is 0 Å². The molecule has 0 fully saturated rings. The molecule has 0 amide bonds. The lowest BCUT2D eigenvalue weighted by Crippen LogP contribution is -2.04. The first-order valence-corrected chi connectivity index (χ1v) is 2.09. The Morgan fingerprint density at radius 1 is 1.57 bits per heavy atom. The van der Waals surface area contributed by atoms with Crippen LogP contribution in [0.5, 0.6) is 0 Å². The molecule has 0 aliphatic carbocycles. The monoisotopic (exact) mass is 109 g/mol. The maximum Gasteiger partial charge on any atom is 0.129 e. The molecule has 1 radical (unpaired) electrons. The molecule has 0 saturated carbocycles. The number of hydrogen-bond donors (Lipinski definition) is 0. The van der Waals surface area contributed by atoms with Gasteiger partial charge in [-0.25, -0.2) is 9.50 Å². The second-order valence-corrected chi connectivity index (χ2v) is 1.24. The van der Waals surface area contributed by atoms with Crippen LogP contribution in [0.25, 0.3) is 0 Å². The molecule has 0 aliphatic heterocycles. The van der Waals surface area contributed by atoms with E-state index in [0.29, 0.717) is 0 Å². The van der Waals surface area contributed by atoms with Crippen LogP contribution in [0.1, 0.15) is 6.42 Å². The highest BCUT2D eigenvalue weighted by molar-refractivity contribution is 4.49. The molecular weight excluding hydrogens is 102 g/mol. The maximum atomic E-state index is 11.6. The molecule has 1 atom stereocenters. The molecule has 0 aromatic heterocycles. The van der Waals surface area contributed by atoms with E-state index in [1.165, 1.54) is 0 Å². The van der Waals surface area contributed by atoms with Gasteiger partial charge in [0.05, 0.1) is 6.67 Å². The van der Waals surface area contributed by atoms with Gasteiger partial charge in [0.15, 0.2) is 0 Å². The molecule has 43 valence electrons. The van der Waals surface area contributed by atoms with Crippen LogP contribution in [0.15, 0.2) is 0 Å². The minimum Gasteiger partial charge on any atom is -0.251 e. The Labute approximate surface area is 41.0 Å². The van der Waals surface area contributed by atoms with E-state index in [1.807, 2.05) is 0 Å². The summed E-state index contributed by atoms with van der Waals surface area (Å²) in [5.74, 6) is 0. The predicted molar refractivity (Wildman–Crippen MR) is 21.0 cm³/mol. The zero-order valence-corrected chi connectivity index (χ0v) is 3.86. The predicted octanol–water partition coefficient (Wildman–Crippen LogP) is 1.11. The van der Waals surface area contributed by atoms with E-state index in [9.17, 15) is 13.9 Å². The number of halogens is 2. The molecule has 1 unspecified atom stereocenters. The zero-order valence-electron chi connectivity index (χ0n) is 3.86. The van der Waals surface area contributed by atoms with E-state index < -0.39 is 19.5 Å². The minimum absolute atomic E-state index is 0.247. The second kappa shape index (κ2) is 3.99. The van der Waals surface area contributed by atoms with Gasteiger partial charge in [0.2, 0.25) is 0 Å². The van der Waals surface area contributed by atoms with Gasteiger partial charge in [-0.2, -0.15) is 0 Å². The lowest BCUT2D eigenvalue weighted by molar-refractivity contribution is 0.105. The van der Waals surface area contributed by atoms with Gasteiger partial charge >= 0.3 is 0 Å². The van der Waals surface area contributed by atoms with Gasteiger partial charge in [0.25, 0.3) is 0 Å². The number of hydrogen-bond acceptors (Lipinski definition) is 0. The van der Waals surface area contributed by atoms with Crippen molar-refractivity contribution in [3.05, 3.63) is 0 Å². The summed E-state index contributed by atoms with van der Waals surface area (Å²) in [5.41, 5.74) is 0. The third-order valence-electron chi connectivity index (χ3n) is 0.603. The summed E-state index contributed by atoms with van der Waals surface area (Å²) < 4.78 is 22.6. The molecule has 0 aromatic carbocycles. The SMILES string of the molecule is [O]CC(F)CCF. The fourth-order valence-electron chi connectivity index (χ4n) is 0.202. The van der Waals surface area contributed by atoms with E-state index in [-0.39, 0.29) is 6.42 Å². The highest BCUT2D eigenvalue weighted by atomic mass is 19.1. The topological polar surface area (TPSA) is 19.9 Å². The Balaban J connectivity index is 2.83. The van der Waals surface area contributed by atoms with Crippen LogP contribution in [0.4, 0.5) is 8.78 Å². The third kappa shape index (κ3) is 3.66. The summed E-state index contributed by atoms with van der Waals surface area (Å²) >= 11 is 0. The first-order valence-electron chi connectivity index (χ1n) is 2.09. The maximum absolute atomic E-state index is 11.6. The van der Waals surface area contributed by atoms with Crippen LogP contribution in [0, 0.1) is 0 Å². The van der Waals surface area contributed by atoms with E-state index in [4.69, 9.17) is 0 Å². The smallest absolute Gasteiger partial charge is 0.129 e. The fourth-order valence-corrected chi connectivity index (χ4v) is 0.202. The minimum atomic E-state index is -1.48. The molecule has 0 bridgehead atoms. The molecular formula is C4H7F2O. The summed E-state index contributed by atoms with van der Waals surface area (Å²) in [7, 11) is 0. The third-order valence-corrected chi connectivity index (χ3v) is 0.603. The summed E-state index contributed by atoms with van der Waals surface area (Å²) in [6, 6.07) is 0. The summed E-state index contributed by atoms with van der Waals surface area (Å²) in [4.78, 5) is 0. The number of rotatable bonds is 3. The van der Waals surface area contributed by atoms with Gasteiger partial charge in [0, 0.05) is 6.42 Å². The Kier molecular flexibility index (Phi) is 3.89. The van der Waals surface area contributed by atoms with Crippen LogP contribution < -0.4 is 0 Å². The summed E-state index contributed by atoms with van der Waals surface area (Å²) in [6.07, 6.45) is -1.73. The van der Waals surface area contributed by atoms with Gasteiger partial charge < -0.3 is 0 Å². The largest absolute Gasteiger partial charge is 0.251 e. The second-order valence-electron chi connectivity index (χ2n) is 1.24. The lowest BCUT2D eigenvalue weighted by atomic mass is 10.3. The van der Waals surface area contributed by atoms with Gasteiger partial charge in [-0.15, -0.1) is 0 Å². The molecule has 3 heteroatoms. The standard InChI is InChI=1S/C4H7F2O/c5-2-1-4(6)3-7/h4H,1-3H2. The van der Waals surface area contributed by atoms with E-state index >= 15 is 0 Å². The molecule has 0 aliphatic rings. The van der Waals surface area contributed by atoms with Crippen molar-refractivity contribution in [2.75, 3.05) is 13.3 Å². The first-order chi connectivity index (χ1) is 3.31. The molecule has 0 rings (SSSR count). The Bertz CT molecular complexity index is 40.7. The van der Waals surface area contributed by atoms with Crippen molar-refractivity contribution in [2.24, 2.45) is 0 Å². The molecule has 0 N–H and O–H groups in total. The highest BCUT2D eigenvalue weighted by Crippen LogP contribution is 1.95. The number of alkyl halides is 2. The van der Waals surface area contributed by atoms with Crippen LogP contribution >= 0.6 is 0 Å². The fraction of sp³-hybridized carbons (Fsp3) is 1.00. The average Bonchev–Trinajstić information content (AvgIpc) is 1.68. The van der Waals surface area contributed by atoms with Crippen molar-refractivity contribution in [2.45, 2.75) is 12.6 Å². The Hall–Kier alpha value is -0.180. The van der Waals surface area contributed by atoms with Gasteiger partial charge in [-0.3, -0.25) is 4.39 Å². The first kappa shape index (κ1) is 6.82. The van der Waals surface area contributed by atoms with Crippen molar-refractivity contribution >= 4 is 0 Å².